The molecular weight excluding hydrogens is 274 g/mol. The fourth-order valence-electron chi connectivity index (χ4n) is 2.70. The highest BCUT2D eigenvalue weighted by Gasteiger charge is 2.19. The van der Waals surface area contributed by atoms with E-state index in [0.29, 0.717) is 18.9 Å². The number of hydrogen-bond donors (Lipinski definition) is 2. The first-order valence-corrected chi connectivity index (χ1v) is 7.94. The van der Waals surface area contributed by atoms with Gasteiger partial charge in [0.15, 0.2) is 4.96 Å². The van der Waals surface area contributed by atoms with Crippen molar-refractivity contribution in [2.24, 2.45) is 5.92 Å². The van der Waals surface area contributed by atoms with E-state index in [1.807, 2.05) is 22.2 Å². The first-order valence-electron chi connectivity index (χ1n) is 7.06. The molecule has 2 N–H and O–H groups in total. The summed E-state index contributed by atoms with van der Waals surface area (Å²) in [6.45, 7) is 0.716. The van der Waals surface area contributed by atoms with Crippen molar-refractivity contribution in [2.75, 3.05) is 6.54 Å². The number of thiazole rings is 1. The second kappa shape index (κ2) is 5.93. The molecule has 0 unspecified atom stereocenters. The molecule has 0 aliphatic heterocycles. The number of imidazole rings is 1. The Morgan fingerprint density at radius 3 is 3.00 bits per heavy atom. The molecule has 1 amide bonds. The van der Waals surface area contributed by atoms with Crippen LogP contribution in [-0.2, 0) is 11.2 Å². The lowest BCUT2D eigenvalue weighted by Crippen LogP contribution is -2.33. The number of rotatable bonds is 4. The quantitative estimate of drug-likeness (QED) is 0.900. The summed E-state index contributed by atoms with van der Waals surface area (Å²) in [5.74, 6) is 0.537. The Kier molecular flexibility index (Phi) is 4.03. The van der Waals surface area contributed by atoms with E-state index in [1.54, 1.807) is 11.3 Å². The van der Waals surface area contributed by atoms with E-state index >= 15 is 0 Å². The van der Waals surface area contributed by atoms with Gasteiger partial charge in [-0.3, -0.25) is 9.20 Å². The predicted molar refractivity (Wildman–Crippen MR) is 77.7 cm³/mol. The van der Waals surface area contributed by atoms with Crippen LogP contribution in [0.3, 0.4) is 0 Å². The first kappa shape index (κ1) is 13.6. The SMILES string of the molecule is O=C(Cc1cn2ccsc2n1)NCC1CCC(O)CC1. The molecule has 0 radical (unpaired) electrons. The maximum atomic E-state index is 11.9. The molecule has 5 nitrogen and oxygen atoms in total. The lowest BCUT2D eigenvalue weighted by Gasteiger charge is -2.25. The number of carbonyl (C=O) groups excluding carboxylic acids is 1. The summed E-state index contributed by atoms with van der Waals surface area (Å²) in [5.41, 5.74) is 0.813. The molecule has 2 heterocycles. The van der Waals surface area contributed by atoms with Crippen molar-refractivity contribution in [1.82, 2.24) is 14.7 Å². The van der Waals surface area contributed by atoms with E-state index in [9.17, 15) is 9.90 Å². The van der Waals surface area contributed by atoms with E-state index in [1.165, 1.54) is 0 Å². The molecule has 1 aliphatic carbocycles. The minimum Gasteiger partial charge on any atom is -0.393 e. The molecule has 0 saturated heterocycles. The summed E-state index contributed by atoms with van der Waals surface area (Å²) in [5, 5.41) is 14.4. The van der Waals surface area contributed by atoms with Crippen LogP contribution in [0.1, 0.15) is 31.4 Å². The molecular formula is C14H19N3O2S. The summed E-state index contributed by atoms with van der Waals surface area (Å²) in [4.78, 5) is 17.2. The van der Waals surface area contributed by atoms with Gasteiger partial charge in [-0.15, -0.1) is 11.3 Å². The van der Waals surface area contributed by atoms with E-state index in [2.05, 4.69) is 10.3 Å². The molecule has 108 valence electrons. The summed E-state index contributed by atoms with van der Waals surface area (Å²) < 4.78 is 1.94. The highest BCUT2D eigenvalue weighted by Crippen LogP contribution is 2.23. The second-order valence-corrected chi connectivity index (χ2v) is 6.35. The highest BCUT2D eigenvalue weighted by molar-refractivity contribution is 7.15. The van der Waals surface area contributed by atoms with Crippen molar-refractivity contribution in [1.29, 1.82) is 0 Å². The molecule has 1 aliphatic rings. The van der Waals surface area contributed by atoms with Crippen LogP contribution in [0.2, 0.25) is 0 Å². The summed E-state index contributed by atoms with van der Waals surface area (Å²) >= 11 is 1.57. The molecule has 2 aromatic rings. The van der Waals surface area contributed by atoms with Gasteiger partial charge in [0.1, 0.15) is 0 Å². The van der Waals surface area contributed by atoms with Crippen LogP contribution >= 0.6 is 11.3 Å². The van der Waals surface area contributed by atoms with Gasteiger partial charge in [-0.25, -0.2) is 4.98 Å². The third-order valence-electron chi connectivity index (χ3n) is 3.89. The minimum atomic E-state index is -0.138. The van der Waals surface area contributed by atoms with Crippen LogP contribution in [0.4, 0.5) is 0 Å². The zero-order valence-electron chi connectivity index (χ0n) is 11.3. The lowest BCUT2D eigenvalue weighted by molar-refractivity contribution is -0.120. The predicted octanol–water partition coefficient (Wildman–Crippen LogP) is 1.61. The second-order valence-electron chi connectivity index (χ2n) is 5.48. The van der Waals surface area contributed by atoms with Crippen molar-refractivity contribution in [3.63, 3.8) is 0 Å². The van der Waals surface area contributed by atoms with E-state index in [-0.39, 0.29) is 12.0 Å². The van der Waals surface area contributed by atoms with Gasteiger partial charge in [0.2, 0.25) is 5.91 Å². The molecule has 0 spiro atoms. The van der Waals surface area contributed by atoms with Gasteiger partial charge >= 0.3 is 0 Å². The van der Waals surface area contributed by atoms with Crippen molar-refractivity contribution in [3.8, 4) is 0 Å². The number of nitrogens with zero attached hydrogens (tertiary/aromatic N) is 2. The monoisotopic (exact) mass is 293 g/mol. The fraction of sp³-hybridized carbons (Fsp3) is 0.571. The van der Waals surface area contributed by atoms with E-state index < -0.39 is 0 Å². The number of aromatic nitrogens is 2. The van der Waals surface area contributed by atoms with Crippen LogP contribution in [0, 0.1) is 5.92 Å². The van der Waals surface area contributed by atoms with Crippen LogP contribution in [0.15, 0.2) is 17.8 Å². The molecule has 0 aromatic carbocycles. The zero-order chi connectivity index (χ0) is 13.9. The van der Waals surface area contributed by atoms with Crippen molar-refractivity contribution < 1.29 is 9.90 Å². The Hall–Kier alpha value is -1.40. The maximum Gasteiger partial charge on any atom is 0.226 e. The van der Waals surface area contributed by atoms with Crippen LogP contribution in [-0.4, -0.2) is 33.0 Å². The number of aliphatic hydroxyl groups excluding tert-OH is 1. The molecule has 1 saturated carbocycles. The van der Waals surface area contributed by atoms with Crippen molar-refractivity contribution in [3.05, 3.63) is 23.5 Å². The van der Waals surface area contributed by atoms with Crippen LogP contribution < -0.4 is 5.32 Å². The molecule has 3 rings (SSSR count). The zero-order valence-corrected chi connectivity index (χ0v) is 12.1. The number of fused-ring (bicyclic) bond motifs is 1. The third kappa shape index (κ3) is 3.19. The van der Waals surface area contributed by atoms with Gasteiger partial charge in [0.25, 0.3) is 0 Å². The van der Waals surface area contributed by atoms with Gasteiger partial charge in [-0.1, -0.05) is 0 Å². The maximum absolute atomic E-state index is 11.9. The van der Waals surface area contributed by atoms with Gasteiger partial charge in [0, 0.05) is 24.3 Å². The number of amides is 1. The smallest absolute Gasteiger partial charge is 0.226 e. The van der Waals surface area contributed by atoms with Crippen LogP contribution in [0.5, 0.6) is 0 Å². The number of nitrogens with one attached hydrogen (secondary N) is 1. The molecule has 1 fully saturated rings. The van der Waals surface area contributed by atoms with Crippen LogP contribution in [0.25, 0.3) is 4.96 Å². The standard InChI is InChI=1S/C14H19N3O2S/c18-12-3-1-10(2-4-12)8-15-13(19)7-11-9-17-5-6-20-14(17)16-11/h5-6,9-10,12,18H,1-4,7-8H2,(H,15,19). The van der Waals surface area contributed by atoms with Crippen molar-refractivity contribution >= 4 is 22.2 Å². The van der Waals surface area contributed by atoms with Gasteiger partial charge in [0.05, 0.1) is 18.2 Å². The Labute approximate surface area is 121 Å². The first-order chi connectivity index (χ1) is 9.70. The number of carbonyl (C=O) groups is 1. The molecule has 6 heteroatoms. The fourth-order valence-corrected chi connectivity index (χ4v) is 3.41. The molecule has 0 bridgehead atoms. The summed E-state index contributed by atoms with van der Waals surface area (Å²) in [6.07, 6.45) is 7.77. The number of aliphatic hydroxyl groups is 1. The largest absolute Gasteiger partial charge is 0.393 e. The average Bonchev–Trinajstić information content (AvgIpc) is 2.99. The Balaban J connectivity index is 1.46. The highest BCUT2D eigenvalue weighted by atomic mass is 32.1. The molecule has 0 atom stereocenters. The minimum absolute atomic E-state index is 0.0295. The Morgan fingerprint density at radius 2 is 2.25 bits per heavy atom. The van der Waals surface area contributed by atoms with Gasteiger partial charge in [-0.05, 0) is 31.6 Å². The van der Waals surface area contributed by atoms with Crippen molar-refractivity contribution in [2.45, 2.75) is 38.2 Å². The average molecular weight is 293 g/mol. The topological polar surface area (TPSA) is 66.6 Å². The third-order valence-corrected chi connectivity index (χ3v) is 4.66. The van der Waals surface area contributed by atoms with E-state index in [4.69, 9.17) is 0 Å². The normalized spacial score (nSPS) is 23.1. The summed E-state index contributed by atoms with van der Waals surface area (Å²) in [6, 6.07) is 0. The lowest BCUT2D eigenvalue weighted by atomic mass is 9.87. The summed E-state index contributed by atoms with van der Waals surface area (Å²) in [7, 11) is 0. The molecule has 20 heavy (non-hydrogen) atoms. The Bertz CT molecular complexity index is 556. The van der Waals surface area contributed by atoms with E-state index in [0.717, 1.165) is 36.3 Å². The number of hydrogen-bond acceptors (Lipinski definition) is 4. The van der Waals surface area contributed by atoms with Gasteiger partial charge < -0.3 is 10.4 Å². The molecule has 2 aromatic heterocycles. The Morgan fingerprint density at radius 1 is 1.45 bits per heavy atom. The van der Waals surface area contributed by atoms with Gasteiger partial charge in [-0.2, -0.15) is 0 Å².